The van der Waals surface area contributed by atoms with Gasteiger partial charge in [-0.3, -0.25) is 4.79 Å². The number of aryl methyl sites for hydroxylation is 3. The molecule has 0 bridgehead atoms. The smallest absolute Gasteiger partial charge is 0.220 e. The Hall–Kier alpha value is -1.39. The maximum Gasteiger partial charge on any atom is 0.220 e. The summed E-state index contributed by atoms with van der Waals surface area (Å²) in [5.41, 5.74) is 3.14. The Morgan fingerprint density at radius 3 is 2.67 bits per heavy atom. The molecule has 118 valence electrons. The Labute approximate surface area is 127 Å². The number of benzene rings is 1. The zero-order chi connectivity index (χ0) is 15.9. The number of aliphatic hydroxyl groups excluding tert-OH is 1. The molecule has 1 unspecified atom stereocenters. The van der Waals surface area contributed by atoms with Crippen LogP contribution in [-0.2, 0) is 16.0 Å². The van der Waals surface area contributed by atoms with Crippen molar-refractivity contribution in [2.75, 3.05) is 20.3 Å². The Morgan fingerprint density at radius 1 is 1.38 bits per heavy atom. The molecule has 0 radical (unpaired) electrons. The third-order valence-corrected chi connectivity index (χ3v) is 3.69. The zero-order valence-corrected chi connectivity index (χ0v) is 13.5. The molecule has 0 aliphatic carbocycles. The van der Waals surface area contributed by atoms with Crippen LogP contribution in [0.5, 0.6) is 0 Å². The number of aliphatic hydroxyl groups is 1. The molecular formula is C17H27NO3. The monoisotopic (exact) mass is 293 g/mol. The summed E-state index contributed by atoms with van der Waals surface area (Å²) < 4.78 is 5.13. The van der Waals surface area contributed by atoms with Gasteiger partial charge in [0.15, 0.2) is 0 Å². The summed E-state index contributed by atoms with van der Waals surface area (Å²) in [5.74, 6) is -0.0111. The lowest BCUT2D eigenvalue weighted by atomic mass is 9.98. The number of nitrogens with one attached hydrogen (secondary N) is 1. The minimum absolute atomic E-state index is 0.0111. The van der Waals surface area contributed by atoms with Crippen molar-refractivity contribution in [3.05, 3.63) is 34.9 Å². The predicted octanol–water partition coefficient (Wildman–Crippen LogP) is 2.14. The first-order valence-corrected chi connectivity index (χ1v) is 7.37. The third kappa shape index (κ3) is 5.86. The van der Waals surface area contributed by atoms with Crippen LogP contribution in [0.3, 0.4) is 0 Å². The van der Waals surface area contributed by atoms with E-state index < -0.39 is 5.54 Å². The Bertz CT molecular complexity index is 465. The van der Waals surface area contributed by atoms with E-state index in [-0.39, 0.29) is 12.5 Å². The average molecular weight is 293 g/mol. The van der Waals surface area contributed by atoms with Crippen molar-refractivity contribution in [1.82, 2.24) is 5.32 Å². The molecule has 21 heavy (non-hydrogen) atoms. The summed E-state index contributed by atoms with van der Waals surface area (Å²) in [6, 6.07) is 6.29. The maximum atomic E-state index is 12.1. The van der Waals surface area contributed by atoms with Gasteiger partial charge in [-0.2, -0.15) is 0 Å². The normalized spacial score (nSPS) is 13.8. The largest absolute Gasteiger partial charge is 0.396 e. The first-order valence-electron chi connectivity index (χ1n) is 7.37. The van der Waals surface area contributed by atoms with E-state index in [4.69, 9.17) is 9.84 Å². The summed E-state index contributed by atoms with van der Waals surface area (Å²) in [5, 5.41) is 12.1. The Kier molecular flexibility index (Phi) is 6.85. The molecule has 1 aromatic carbocycles. The molecule has 0 heterocycles. The molecular weight excluding hydrogens is 266 g/mol. The number of hydrogen-bond acceptors (Lipinski definition) is 3. The van der Waals surface area contributed by atoms with E-state index in [1.165, 1.54) is 16.7 Å². The van der Waals surface area contributed by atoms with Gasteiger partial charge in [0.2, 0.25) is 5.91 Å². The number of methoxy groups -OCH3 is 1. The van der Waals surface area contributed by atoms with Gasteiger partial charge in [-0.1, -0.05) is 23.8 Å². The fraction of sp³-hybridized carbons (Fsp3) is 0.588. The van der Waals surface area contributed by atoms with Gasteiger partial charge in [-0.05, 0) is 44.7 Å². The third-order valence-electron chi connectivity index (χ3n) is 3.69. The molecule has 4 heteroatoms. The van der Waals surface area contributed by atoms with Gasteiger partial charge < -0.3 is 15.2 Å². The summed E-state index contributed by atoms with van der Waals surface area (Å²) >= 11 is 0. The second-order valence-electron chi connectivity index (χ2n) is 5.95. The fourth-order valence-corrected chi connectivity index (χ4v) is 2.51. The van der Waals surface area contributed by atoms with E-state index in [0.717, 1.165) is 6.42 Å². The Balaban J connectivity index is 2.56. The first kappa shape index (κ1) is 17.7. The Morgan fingerprint density at radius 2 is 2.10 bits per heavy atom. The molecule has 0 aliphatic rings. The highest BCUT2D eigenvalue weighted by atomic mass is 16.5. The van der Waals surface area contributed by atoms with Crippen molar-refractivity contribution in [3.63, 3.8) is 0 Å². The van der Waals surface area contributed by atoms with Crippen molar-refractivity contribution in [2.45, 2.75) is 45.6 Å². The minimum Gasteiger partial charge on any atom is -0.396 e. The van der Waals surface area contributed by atoms with Crippen LogP contribution in [0.2, 0.25) is 0 Å². The second kappa shape index (κ2) is 8.15. The average Bonchev–Trinajstić information content (AvgIpc) is 2.37. The zero-order valence-electron chi connectivity index (χ0n) is 13.5. The van der Waals surface area contributed by atoms with E-state index in [9.17, 15) is 4.79 Å². The number of carbonyl (C=O) groups excluding carboxylic acids is 1. The van der Waals surface area contributed by atoms with E-state index in [2.05, 4.69) is 37.4 Å². The van der Waals surface area contributed by atoms with Gasteiger partial charge in [-0.25, -0.2) is 0 Å². The number of ether oxygens (including phenoxy) is 1. The molecule has 2 N–H and O–H groups in total. The highest BCUT2D eigenvalue weighted by Crippen LogP contribution is 2.14. The SMILES string of the molecule is COCC(C)(CCO)NC(=O)CCc1ccc(C)cc1C. The molecule has 0 saturated heterocycles. The first-order chi connectivity index (χ1) is 9.90. The lowest BCUT2D eigenvalue weighted by molar-refractivity contribution is -0.123. The van der Waals surface area contributed by atoms with Gasteiger partial charge in [0.05, 0.1) is 12.1 Å². The van der Waals surface area contributed by atoms with Gasteiger partial charge in [0.1, 0.15) is 0 Å². The van der Waals surface area contributed by atoms with Gasteiger partial charge in [-0.15, -0.1) is 0 Å². The number of amides is 1. The van der Waals surface area contributed by atoms with Crippen LogP contribution in [0, 0.1) is 13.8 Å². The van der Waals surface area contributed by atoms with Gasteiger partial charge >= 0.3 is 0 Å². The van der Waals surface area contributed by atoms with Crippen LogP contribution in [0.1, 0.15) is 36.5 Å². The molecule has 0 saturated carbocycles. The summed E-state index contributed by atoms with van der Waals surface area (Å²) in [6.07, 6.45) is 1.64. The van der Waals surface area contributed by atoms with Crippen molar-refractivity contribution >= 4 is 5.91 Å². The molecule has 0 aromatic heterocycles. The lowest BCUT2D eigenvalue weighted by Crippen LogP contribution is -2.50. The predicted molar refractivity (Wildman–Crippen MR) is 84.4 cm³/mol. The standard InChI is InChI=1S/C17H27NO3/c1-13-5-6-15(14(2)11-13)7-8-16(20)18-17(3,9-10-19)12-21-4/h5-6,11,19H,7-10,12H2,1-4H3,(H,18,20). The van der Waals surface area contributed by atoms with Gasteiger partial charge in [0.25, 0.3) is 0 Å². The molecule has 1 amide bonds. The lowest BCUT2D eigenvalue weighted by Gasteiger charge is -2.29. The van der Waals surface area contributed by atoms with Crippen molar-refractivity contribution in [3.8, 4) is 0 Å². The molecule has 1 atom stereocenters. The summed E-state index contributed by atoms with van der Waals surface area (Å²) in [6.45, 7) is 6.44. The van der Waals surface area contributed by atoms with Crippen molar-refractivity contribution < 1.29 is 14.6 Å². The highest BCUT2D eigenvalue weighted by Gasteiger charge is 2.25. The second-order valence-corrected chi connectivity index (χ2v) is 5.95. The molecule has 1 rings (SSSR count). The number of rotatable bonds is 8. The number of carbonyl (C=O) groups is 1. The van der Waals surface area contributed by atoms with Crippen LogP contribution in [-0.4, -0.2) is 36.9 Å². The topological polar surface area (TPSA) is 58.6 Å². The molecule has 0 aliphatic heterocycles. The maximum absolute atomic E-state index is 12.1. The molecule has 1 aromatic rings. The van der Waals surface area contributed by atoms with Crippen LogP contribution in [0.4, 0.5) is 0 Å². The molecule has 4 nitrogen and oxygen atoms in total. The number of hydrogen-bond donors (Lipinski definition) is 2. The molecule has 0 fully saturated rings. The van der Waals surface area contributed by atoms with Crippen molar-refractivity contribution in [1.29, 1.82) is 0 Å². The van der Waals surface area contributed by atoms with E-state index in [1.807, 2.05) is 6.92 Å². The van der Waals surface area contributed by atoms with Crippen LogP contribution >= 0.6 is 0 Å². The molecule has 0 spiro atoms. The van der Waals surface area contributed by atoms with E-state index >= 15 is 0 Å². The van der Waals surface area contributed by atoms with Crippen LogP contribution in [0.25, 0.3) is 0 Å². The van der Waals surface area contributed by atoms with E-state index in [0.29, 0.717) is 19.4 Å². The van der Waals surface area contributed by atoms with E-state index in [1.54, 1.807) is 7.11 Å². The fourth-order valence-electron chi connectivity index (χ4n) is 2.51. The van der Waals surface area contributed by atoms with Crippen LogP contribution in [0.15, 0.2) is 18.2 Å². The quantitative estimate of drug-likeness (QED) is 0.772. The minimum atomic E-state index is -0.511. The van der Waals surface area contributed by atoms with Crippen LogP contribution < -0.4 is 5.32 Å². The van der Waals surface area contributed by atoms with Crippen molar-refractivity contribution in [2.24, 2.45) is 0 Å². The summed E-state index contributed by atoms with van der Waals surface area (Å²) in [7, 11) is 1.59. The summed E-state index contributed by atoms with van der Waals surface area (Å²) in [4.78, 5) is 12.1. The van der Waals surface area contributed by atoms with Gasteiger partial charge in [0, 0.05) is 20.1 Å². The highest BCUT2D eigenvalue weighted by molar-refractivity contribution is 5.77.